The minimum absolute atomic E-state index is 0.121. The summed E-state index contributed by atoms with van der Waals surface area (Å²) in [6.07, 6.45) is 6.54. The number of nitrogens with zero attached hydrogens (tertiary/aromatic N) is 1. The Morgan fingerprint density at radius 2 is 1.88 bits per heavy atom. The predicted octanol–water partition coefficient (Wildman–Crippen LogP) is 2.10. The van der Waals surface area contributed by atoms with Crippen molar-refractivity contribution in [2.45, 2.75) is 6.92 Å². The number of carbonyl (C=O) groups is 2. The third-order valence-corrected chi connectivity index (χ3v) is 3.12. The van der Waals surface area contributed by atoms with E-state index >= 15 is 0 Å². The van der Waals surface area contributed by atoms with Gasteiger partial charge in [0.25, 0.3) is 0 Å². The lowest BCUT2D eigenvalue weighted by molar-refractivity contribution is -0.136. The van der Waals surface area contributed by atoms with Crippen LogP contribution in [0.15, 0.2) is 53.6 Å². The number of aryl methyl sites for hydroxylation is 1. The highest BCUT2D eigenvalue weighted by Gasteiger charge is 2.12. The van der Waals surface area contributed by atoms with E-state index in [4.69, 9.17) is 11.2 Å². The predicted molar refractivity (Wildman–Crippen MR) is 96.3 cm³/mol. The molecule has 2 aromatic carbocycles. The highest BCUT2D eigenvalue weighted by molar-refractivity contribution is 6.39. The van der Waals surface area contributed by atoms with Gasteiger partial charge in [-0.2, -0.15) is 5.10 Å². The summed E-state index contributed by atoms with van der Waals surface area (Å²) in [7, 11) is 0. The molecular weight excluding hydrogens is 318 g/mol. The highest BCUT2D eigenvalue weighted by atomic mass is 16.5. The van der Waals surface area contributed by atoms with E-state index in [-0.39, 0.29) is 6.61 Å². The van der Waals surface area contributed by atoms with Gasteiger partial charge in [0.1, 0.15) is 12.4 Å². The Hall–Kier alpha value is -3.59. The fraction of sp³-hybridized carbons (Fsp3) is 0.105. The quantitative estimate of drug-likeness (QED) is 0.380. The first kappa shape index (κ1) is 17.8. The fourth-order valence-corrected chi connectivity index (χ4v) is 1.87. The molecule has 0 atom stereocenters. The number of hydrogen-bond acceptors (Lipinski definition) is 4. The summed E-state index contributed by atoms with van der Waals surface area (Å²) in [5, 5.41) is 6.26. The van der Waals surface area contributed by atoms with E-state index in [1.54, 1.807) is 36.4 Å². The van der Waals surface area contributed by atoms with Crippen LogP contribution in [0.25, 0.3) is 0 Å². The third kappa shape index (κ3) is 5.52. The molecule has 2 amide bonds. The maximum Gasteiger partial charge on any atom is 0.329 e. The molecule has 0 aliphatic rings. The van der Waals surface area contributed by atoms with E-state index in [1.807, 2.05) is 19.1 Å². The van der Waals surface area contributed by atoms with Crippen LogP contribution < -0.4 is 15.5 Å². The first-order valence-electron chi connectivity index (χ1n) is 7.46. The number of benzene rings is 2. The van der Waals surface area contributed by atoms with Crippen molar-refractivity contribution in [3.8, 4) is 18.1 Å². The van der Waals surface area contributed by atoms with Gasteiger partial charge in [-0.3, -0.25) is 9.59 Å². The van der Waals surface area contributed by atoms with Crippen molar-refractivity contribution in [2.75, 3.05) is 11.9 Å². The van der Waals surface area contributed by atoms with Crippen LogP contribution in [0.1, 0.15) is 11.1 Å². The van der Waals surface area contributed by atoms with Crippen LogP contribution in [0.3, 0.4) is 0 Å². The topological polar surface area (TPSA) is 79.8 Å². The van der Waals surface area contributed by atoms with Crippen LogP contribution in [0, 0.1) is 19.3 Å². The first-order valence-corrected chi connectivity index (χ1v) is 7.46. The fourth-order valence-electron chi connectivity index (χ4n) is 1.87. The van der Waals surface area contributed by atoms with Crippen molar-refractivity contribution >= 4 is 23.7 Å². The average Bonchev–Trinajstić information content (AvgIpc) is 2.62. The van der Waals surface area contributed by atoms with Crippen molar-refractivity contribution in [1.29, 1.82) is 0 Å². The lowest BCUT2D eigenvalue weighted by Crippen LogP contribution is -2.32. The molecule has 2 N–H and O–H groups in total. The normalized spacial score (nSPS) is 10.1. The molecule has 0 aromatic heterocycles. The van der Waals surface area contributed by atoms with Gasteiger partial charge in [-0.1, -0.05) is 35.7 Å². The molecule has 0 spiro atoms. The molecule has 0 heterocycles. The summed E-state index contributed by atoms with van der Waals surface area (Å²) in [6, 6.07) is 14.1. The number of anilines is 1. The Kier molecular flexibility index (Phi) is 6.32. The number of amides is 2. The minimum Gasteiger partial charge on any atom is -0.480 e. The standard InChI is InChI=1S/C19H17N3O3/c1-3-12-25-17-7-5-4-6-15(17)13-20-22-19(24)18(23)21-16-10-8-14(2)9-11-16/h1,4-11,13H,12H2,2H3,(H,21,23)(H,22,24)/b20-13-. The largest absolute Gasteiger partial charge is 0.480 e. The monoisotopic (exact) mass is 335 g/mol. The van der Waals surface area contributed by atoms with Crippen molar-refractivity contribution in [2.24, 2.45) is 5.10 Å². The van der Waals surface area contributed by atoms with Gasteiger partial charge in [0.15, 0.2) is 0 Å². The van der Waals surface area contributed by atoms with Crippen LogP contribution in [0.2, 0.25) is 0 Å². The maximum absolute atomic E-state index is 11.8. The molecule has 0 saturated heterocycles. The molecule has 0 aliphatic carbocycles. The molecule has 6 heteroatoms. The minimum atomic E-state index is -0.876. The van der Waals surface area contributed by atoms with Crippen LogP contribution in [0.4, 0.5) is 5.69 Å². The van der Waals surface area contributed by atoms with E-state index in [9.17, 15) is 9.59 Å². The number of hydrazone groups is 1. The van der Waals surface area contributed by atoms with Gasteiger partial charge in [0, 0.05) is 11.3 Å². The van der Waals surface area contributed by atoms with Crippen LogP contribution >= 0.6 is 0 Å². The van der Waals surface area contributed by atoms with Gasteiger partial charge in [-0.15, -0.1) is 6.42 Å². The molecule has 0 saturated carbocycles. The number of terminal acetylenes is 1. The summed E-state index contributed by atoms with van der Waals surface area (Å²) in [5.41, 5.74) is 4.37. The van der Waals surface area contributed by atoms with Crippen molar-refractivity contribution in [3.05, 3.63) is 59.7 Å². The SMILES string of the molecule is C#CCOc1ccccc1/C=N\NC(=O)C(=O)Nc1ccc(C)cc1. The van der Waals surface area contributed by atoms with E-state index in [0.29, 0.717) is 17.0 Å². The molecule has 2 aromatic rings. The van der Waals surface area contributed by atoms with E-state index in [2.05, 4.69) is 21.8 Å². The number of nitrogens with one attached hydrogen (secondary N) is 2. The number of rotatable bonds is 5. The van der Waals surface area contributed by atoms with E-state index < -0.39 is 11.8 Å². The van der Waals surface area contributed by atoms with Crippen LogP contribution in [-0.2, 0) is 9.59 Å². The molecule has 0 aliphatic heterocycles. The molecule has 126 valence electrons. The summed E-state index contributed by atoms with van der Waals surface area (Å²) < 4.78 is 5.36. The average molecular weight is 335 g/mol. The Morgan fingerprint density at radius 1 is 1.16 bits per heavy atom. The molecule has 0 radical (unpaired) electrons. The molecule has 0 fully saturated rings. The molecule has 2 rings (SSSR count). The zero-order chi connectivity index (χ0) is 18.1. The van der Waals surface area contributed by atoms with Gasteiger partial charge in [-0.25, -0.2) is 5.43 Å². The number of ether oxygens (including phenoxy) is 1. The smallest absolute Gasteiger partial charge is 0.329 e. The zero-order valence-corrected chi connectivity index (χ0v) is 13.7. The van der Waals surface area contributed by atoms with Crippen molar-refractivity contribution in [1.82, 2.24) is 5.43 Å². The third-order valence-electron chi connectivity index (χ3n) is 3.12. The Morgan fingerprint density at radius 3 is 2.60 bits per heavy atom. The summed E-state index contributed by atoms with van der Waals surface area (Å²) in [6.45, 7) is 2.05. The van der Waals surface area contributed by atoms with Gasteiger partial charge in [0.05, 0.1) is 6.21 Å². The van der Waals surface area contributed by atoms with Gasteiger partial charge >= 0.3 is 11.8 Å². The van der Waals surface area contributed by atoms with Crippen LogP contribution in [-0.4, -0.2) is 24.6 Å². The van der Waals surface area contributed by atoms with Gasteiger partial charge < -0.3 is 10.1 Å². The van der Waals surface area contributed by atoms with Crippen molar-refractivity contribution in [3.63, 3.8) is 0 Å². The second-order valence-corrected chi connectivity index (χ2v) is 5.05. The lowest BCUT2D eigenvalue weighted by atomic mass is 10.2. The summed E-state index contributed by atoms with van der Waals surface area (Å²) >= 11 is 0. The first-order chi connectivity index (χ1) is 12.1. The van der Waals surface area contributed by atoms with E-state index in [0.717, 1.165) is 5.56 Å². The Balaban J connectivity index is 1.93. The van der Waals surface area contributed by atoms with Gasteiger partial charge in [0.2, 0.25) is 0 Å². The van der Waals surface area contributed by atoms with E-state index in [1.165, 1.54) is 6.21 Å². The number of carbonyl (C=O) groups excluding carboxylic acids is 2. The summed E-state index contributed by atoms with van der Waals surface area (Å²) in [5.74, 6) is 1.22. The Labute approximate surface area is 145 Å². The lowest BCUT2D eigenvalue weighted by Gasteiger charge is -2.06. The highest BCUT2D eigenvalue weighted by Crippen LogP contribution is 2.15. The zero-order valence-electron chi connectivity index (χ0n) is 13.7. The maximum atomic E-state index is 11.8. The number of hydrogen-bond donors (Lipinski definition) is 2. The molecule has 0 unspecified atom stereocenters. The second kappa shape index (κ2) is 8.89. The second-order valence-electron chi connectivity index (χ2n) is 5.05. The van der Waals surface area contributed by atoms with Gasteiger partial charge in [-0.05, 0) is 31.2 Å². The molecule has 6 nitrogen and oxygen atoms in total. The molecular formula is C19H17N3O3. The molecule has 0 bridgehead atoms. The van der Waals surface area contributed by atoms with Crippen LogP contribution in [0.5, 0.6) is 5.75 Å². The summed E-state index contributed by atoms with van der Waals surface area (Å²) in [4.78, 5) is 23.6. The molecule has 25 heavy (non-hydrogen) atoms. The Bertz CT molecular complexity index is 821. The van der Waals surface area contributed by atoms with Crippen molar-refractivity contribution < 1.29 is 14.3 Å². The number of para-hydroxylation sites is 1.